The fourth-order valence-corrected chi connectivity index (χ4v) is 4.39. The Labute approximate surface area is 220 Å². The standard InChI is InChI=1S/C26H28Cl3FN4O/c27-21-13-22(28)15-23(14-21)34-26(35)33-16-20(8-11-32-10-1-9-31)18-4-2-17(3-5-18)19-6-7-25(30)24(29)12-19/h2-7,12-15,20,32H,1,8-11,16,31H2,(H2,33,34,35)/p+1. The minimum Gasteiger partial charge on any atom is -0.358 e. The molecule has 0 spiro atoms. The number of amides is 2. The van der Waals surface area contributed by atoms with E-state index in [0.29, 0.717) is 22.3 Å². The van der Waals surface area contributed by atoms with Gasteiger partial charge in [0.15, 0.2) is 0 Å². The lowest BCUT2D eigenvalue weighted by molar-refractivity contribution is -0.367. The smallest absolute Gasteiger partial charge is 0.319 e. The number of urea groups is 1. The van der Waals surface area contributed by atoms with Crippen LogP contribution in [0.15, 0.2) is 60.7 Å². The Balaban J connectivity index is 1.67. The van der Waals surface area contributed by atoms with Crippen LogP contribution in [0.3, 0.4) is 0 Å². The van der Waals surface area contributed by atoms with Gasteiger partial charge >= 0.3 is 6.03 Å². The SMILES string of the molecule is [NH3+]CCCNCCC(CNC(=O)Nc1cc(Cl)cc(Cl)c1)c1ccc(-c2ccc(F)c(Cl)c2)cc1. The second kappa shape index (κ2) is 13.7. The number of hydrogen-bond donors (Lipinski definition) is 4. The van der Waals surface area contributed by atoms with Crippen LogP contribution in [0.2, 0.25) is 15.1 Å². The normalized spacial score (nSPS) is 11.8. The molecule has 0 aromatic heterocycles. The van der Waals surface area contributed by atoms with Gasteiger partial charge in [0.25, 0.3) is 0 Å². The Bertz CT molecular complexity index is 1110. The largest absolute Gasteiger partial charge is 0.358 e. The van der Waals surface area contributed by atoms with Crippen molar-refractivity contribution in [2.75, 3.05) is 31.5 Å². The van der Waals surface area contributed by atoms with Crippen molar-refractivity contribution in [2.24, 2.45) is 0 Å². The second-order valence-electron chi connectivity index (χ2n) is 8.19. The lowest BCUT2D eigenvalue weighted by atomic mass is 9.93. The van der Waals surface area contributed by atoms with Crippen LogP contribution in [0.5, 0.6) is 0 Å². The molecule has 0 fully saturated rings. The summed E-state index contributed by atoms with van der Waals surface area (Å²) in [6.07, 6.45) is 1.85. The summed E-state index contributed by atoms with van der Waals surface area (Å²) in [5, 5.41) is 10.1. The predicted molar refractivity (Wildman–Crippen MR) is 143 cm³/mol. The minimum atomic E-state index is -0.442. The molecule has 5 nitrogen and oxygen atoms in total. The molecule has 0 aliphatic carbocycles. The first-order valence-electron chi connectivity index (χ1n) is 11.4. The highest BCUT2D eigenvalue weighted by Gasteiger charge is 2.14. The molecule has 6 N–H and O–H groups in total. The molecule has 3 rings (SSSR count). The average Bonchev–Trinajstić information content (AvgIpc) is 2.82. The zero-order valence-corrected chi connectivity index (χ0v) is 21.5. The molecule has 3 aromatic carbocycles. The molecule has 9 heteroatoms. The zero-order valence-electron chi connectivity index (χ0n) is 19.2. The van der Waals surface area contributed by atoms with Crippen molar-refractivity contribution in [3.05, 3.63) is 87.1 Å². The number of benzene rings is 3. The van der Waals surface area contributed by atoms with Crippen LogP contribution in [0, 0.1) is 5.82 Å². The maximum Gasteiger partial charge on any atom is 0.319 e. The van der Waals surface area contributed by atoms with E-state index in [1.165, 1.54) is 6.07 Å². The summed E-state index contributed by atoms with van der Waals surface area (Å²) in [7, 11) is 0. The summed E-state index contributed by atoms with van der Waals surface area (Å²) < 4.78 is 13.5. The Morgan fingerprint density at radius 3 is 2.26 bits per heavy atom. The maximum absolute atomic E-state index is 13.5. The van der Waals surface area contributed by atoms with Gasteiger partial charge in [-0.2, -0.15) is 0 Å². The lowest BCUT2D eigenvalue weighted by Gasteiger charge is -2.19. The highest BCUT2D eigenvalue weighted by Crippen LogP contribution is 2.27. The van der Waals surface area contributed by atoms with Gasteiger partial charge in [-0.1, -0.05) is 65.1 Å². The van der Waals surface area contributed by atoms with E-state index in [4.69, 9.17) is 34.8 Å². The highest BCUT2D eigenvalue weighted by atomic mass is 35.5. The first-order chi connectivity index (χ1) is 16.9. The van der Waals surface area contributed by atoms with E-state index in [1.807, 2.05) is 24.3 Å². The Morgan fingerprint density at radius 1 is 0.914 bits per heavy atom. The van der Waals surface area contributed by atoms with E-state index in [1.54, 1.807) is 30.3 Å². The predicted octanol–water partition coefficient (Wildman–Crippen LogP) is 5.97. The van der Waals surface area contributed by atoms with Gasteiger partial charge in [-0.25, -0.2) is 9.18 Å². The second-order valence-corrected chi connectivity index (χ2v) is 9.47. The van der Waals surface area contributed by atoms with Crippen LogP contribution in [0.25, 0.3) is 11.1 Å². The van der Waals surface area contributed by atoms with Crippen molar-refractivity contribution in [2.45, 2.75) is 18.8 Å². The average molecular weight is 539 g/mol. The number of anilines is 1. The molecule has 0 saturated carbocycles. The monoisotopic (exact) mass is 537 g/mol. The van der Waals surface area contributed by atoms with Gasteiger partial charge in [0.1, 0.15) is 5.82 Å². The summed E-state index contributed by atoms with van der Waals surface area (Å²) in [6, 6.07) is 17.2. The van der Waals surface area contributed by atoms with Gasteiger partial charge in [0.2, 0.25) is 0 Å². The number of rotatable bonds is 11. The molecule has 1 unspecified atom stereocenters. The van der Waals surface area contributed by atoms with Crippen molar-refractivity contribution in [1.82, 2.24) is 10.6 Å². The summed E-state index contributed by atoms with van der Waals surface area (Å²) in [6.45, 7) is 3.05. The Hall–Kier alpha value is -2.35. The van der Waals surface area contributed by atoms with E-state index in [-0.39, 0.29) is 17.0 Å². The van der Waals surface area contributed by atoms with Crippen molar-refractivity contribution < 1.29 is 14.9 Å². The van der Waals surface area contributed by atoms with E-state index in [2.05, 4.69) is 21.7 Å². The van der Waals surface area contributed by atoms with Gasteiger partial charge in [-0.15, -0.1) is 0 Å². The fraction of sp³-hybridized carbons (Fsp3) is 0.269. The van der Waals surface area contributed by atoms with Gasteiger partial charge in [-0.3, -0.25) is 0 Å². The number of nitrogens with one attached hydrogen (secondary N) is 3. The molecule has 3 aromatic rings. The van der Waals surface area contributed by atoms with Crippen LogP contribution in [-0.4, -0.2) is 32.2 Å². The number of hydrogen-bond acceptors (Lipinski definition) is 2. The molecule has 0 aliphatic heterocycles. The molecule has 0 radical (unpaired) electrons. The first kappa shape index (κ1) is 27.2. The number of quaternary nitrogens is 1. The minimum absolute atomic E-state index is 0.0850. The van der Waals surface area contributed by atoms with Gasteiger partial charge in [0.05, 0.1) is 11.6 Å². The van der Waals surface area contributed by atoms with Crippen LogP contribution in [-0.2, 0) is 0 Å². The molecule has 2 amide bonds. The summed E-state index contributed by atoms with van der Waals surface area (Å²) in [4.78, 5) is 12.5. The van der Waals surface area contributed by atoms with Crippen LogP contribution < -0.4 is 21.7 Å². The summed E-state index contributed by atoms with van der Waals surface area (Å²) in [5.74, 6) is -0.357. The molecule has 1 atom stereocenters. The van der Waals surface area contributed by atoms with Crippen LogP contribution >= 0.6 is 34.8 Å². The number of carbonyl (C=O) groups excluding carboxylic acids is 1. The molecule has 0 aliphatic rings. The first-order valence-corrected chi connectivity index (χ1v) is 12.6. The van der Waals surface area contributed by atoms with Crippen LogP contribution in [0.4, 0.5) is 14.9 Å². The lowest BCUT2D eigenvalue weighted by Crippen LogP contribution is -2.51. The van der Waals surface area contributed by atoms with Crippen molar-refractivity contribution in [1.29, 1.82) is 0 Å². The molecule has 35 heavy (non-hydrogen) atoms. The van der Waals surface area contributed by atoms with Crippen molar-refractivity contribution in [3.63, 3.8) is 0 Å². The summed E-state index contributed by atoms with van der Waals surface area (Å²) in [5.41, 5.74) is 7.25. The third-order valence-electron chi connectivity index (χ3n) is 5.54. The van der Waals surface area contributed by atoms with Gasteiger partial charge < -0.3 is 21.7 Å². The molecule has 0 heterocycles. The highest BCUT2D eigenvalue weighted by molar-refractivity contribution is 6.35. The Morgan fingerprint density at radius 2 is 1.60 bits per heavy atom. The number of carbonyl (C=O) groups is 1. The third kappa shape index (κ3) is 8.67. The molecule has 0 saturated heterocycles. The molecule has 0 bridgehead atoms. The fourth-order valence-electron chi connectivity index (χ4n) is 3.68. The third-order valence-corrected chi connectivity index (χ3v) is 6.26. The molecular formula is C26H29Cl3FN4O+. The zero-order chi connectivity index (χ0) is 25.2. The molecular weight excluding hydrogens is 510 g/mol. The van der Waals surface area contributed by atoms with E-state index in [0.717, 1.165) is 49.2 Å². The molecule has 186 valence electrons. The van der Waals surface area contributed by atoms with Crippen molar-refractivity contribution in [3.8, 4) is 11.1 Å². The van der Waals surface area contributed by atoms with E-state index >= 15 is 0 Å². The topological polar surface area (TPSA) is 80.8 Å². The van der Waals surface area contributed by atoms with Gasteiger partial charge in [-0.05, 0) is 60.0 Å². The summed E-state index contributed by atoms with van der Waals surface area (Å²) >= 11 is 18.0. The number of halogens is 4. The quantitative estimate of drug-likeness (QED) is 0.227. The van der Waals surface area contributed by atoms with E-state index < -0.39 is 5.82 Å². The maximum atomic E-state index is 13.5. The van der Waals surface area contributed by atoms with Gasteiger partial charge in [0, 0.05) is 41.2 Å². The van der Waals surface area contributed by atoms with Crippen LogP contribution in [0.1, 0.15) is 24.3 Å². The van der Waals surface area contributed by atoms with E-state index in [9.17, 15) is 9.18 Å². The Kier molecular flexibility index (Phi) is 10.6. The van der Waals surface area contributed by atoms with Crippen molar-refractivity contribution >= 4 is 46.5 Å².